The summed E-state index contributed by atoms with van der Waals surface area (Å²) in [4.78, 5) is 31.9. The Balaban J connectivity index is 1.32. The fraction of sp³-hybridized carbons (Fsp3) is 0.250. The lowest BCUT2D eigenvalue weighted by Crippen LogP contribution is -2.46. The van der Waals surface area contributed by atoms with Gasteiger partial charge in [0.15, 0.2) is 0 Å². The molecule has 1 fully saturated rings. The molecule has 0 radical (unpaired) electrons. The molecule has 0 spiro atoms. The van der Waals surface area contributed by atoms with Crippen LogP contribution in [0.15, 0.2) is 59.3 Å². The summed E-state index contributed by atoms with van der Waals surface area (Å²) in [5.74, 6) is -0.106. The fourth-order valence-electron chi connectivity index (χ4n) is 4.32. The molecule has 6 nitrogen and oxygen atoms in total. The molecular formula is C24H23N3O3S. The maximum Gasteiger partial charge on any atom is 0.263 e. The van der Waals surface area contributed by atoms with Crippen LogP contribution in [0.5, 0.6) is 5.75 Å². The highest BCUT2D eigenvalue weighted by atomic mass is 32.1. The largest absolute Gasteiger partial charge is 0.508 e. The van der Waals surface area contributed by atoms with Gasteiger partial charge in [-0.15, -0.1) is 0 Å². The molecule has 0 saturated carbocycles. The van der Waals surface area contributed by atoms with Gasteiger partial charge in [0.2, 0.25) is 0 Å². The number of benzene rings is 2. The summed E-state index contributed by atoms with van der Waals surface area (Å²) in [6.07, 6.45) is 0. The lowest BCUT2D eigenvalue weighted by molar-refractivity contribution is 0.0642. The van der Waals surface area contributed by atoms with Crippen LogP contribution in [0.1, 0.15) is 31.8 Å². The summed E-state index contributed by atoms with van der Waals surface area (Å²) < 4.78 is 0. The number of hydrogen-bond acceptors (Lipinski definition) is 6. The van der Waals surface area contributed by atoms with Crippen molar-refractivity contribution in [3.63, 3.8) is 0 Å². The van der Waals surface area contributed by atoms with Crippen LogP contribution >= 0.6 is 11.3 Å². The van der Waals surface area contributed by atoms with E-state index in [1.807, 2.05) is 47.2 Å². The molecular weight excluding hydrogens is 410 g/mol. The number of para-hydroxylation sites is 1. The van der Waals surface area contributed by atoms with E-state index in [1.165, 1.54) is 4.90 Å². The van der Waals surface area contributed by atoms with Crippen molar-refractivity contribution < 1.29 is 14.7 Å². The molecule has 158 valence electrons. The van der Waals surface area contributed by atoms with Crippen LogP contribution in [0.25, 0.3) is 0 Å². The van der Waals surface area contributed by atoms with Gasteiger partial charge < -0.3 is 10.0 Å². The first-order valence-corrected chi connectivity index (χ1v) is 11.3. The Morgan fingerprint density at radius 1 is 0.871 bits per heavy atom. The molecule has 1 N–H and O–H groups in total. The number of carbonyl (C=O) groups excluding carboxylic acids is 2. The zero-order valence-electron chi connectivity index (χ0n) is 17.0. The first kappa shape index (κ1) is 19.8. The van der Waals surface area contributed by atoms with Gasteiger partial charge in [0.1, 0.15) is 5.75 Å². The van der Waals surface area contributed by atoms with E-state index in [1.54, 1.807) is 23.5 Å². The smallest absolute Gasteiger partial charge is 0.263 e. The number of amides is 2. The summed E-state index contributed by atoms with van der Waals surface area (Å²) in [6, 6.07) is 14.9. The van der Waals surface area contributed by atoms with Crippen LogP contribution in [0.2, 0.25) is 0 Å². The van der Waals surface area contributed by atoms with Gasteiger partial charge in [-0.3, -0.25) is 19.4 Å². The lowest BCUT2D eigenvalue weighted by atomic mass is 10.1. The molecule has 7 heteroatoms. The number of fused-ring (bicyclic) bond motifs is 1. The van der Waals surface area contributed by atoms with Gasteiger partial charge in [0, 0.05) is 38.3 Å². The first-order chi connectivity index (χ1) is 15.1. The van der Waals surface area contributed by atoms with Crippen LogP contribution in [0, 0.1) is 0 Å². The molecule has 0 bridgehead atoms. The molecule has 0 unspecified atom stereocenters. The van der Waals surface area contributed by atoms with Gasteiger partial charge in [-0.1, -0.05) is 24.3 Å². The van der Waals surface area contributed by atoms with E-state index in [2.05, 4.69) is 9.80 Å². The van der Waals surface area contributed by atoms with E-state index < -0.39 is 0 Å². The maximum atomic E-state index is 13.2. The van der Waals surface area contributed by atoms with Crippen molar-refractivity contribution in [1.82, 2.24) is 9.80 Å². The minimum Gasteiger partial charge on any atom is -0.508 e. The molecule has 2 aromatic carbocycles. The summed E-state index contributed by atoms with van der Waals surface area (Å²) in [6.45, 7) is 4.16. The summed E-state index contributed by atoms with van der Waals surface area (Å²) in [5.41, 5.74) is 3.75. The SMILES string of the molecule is O=C1c2cccc(N3CCN(Cc4ccccc4O)CC3)c2C(=O)N1Cc1ccsc1. The molecule has 0 aliphatic carbocycles. The summed E-state index contributed by atoms with van der Waals surface area (Å²) in [7, 11) is 0. The third-order valence-electron chi connectivity index (χ3n) is 6.00. The monoisotopic (exact) mass is 433 g/mol. The van der Waals surface area contributed by atoms with Gasteiger partial charge >= 0.3 is 0 Å². The van der Waals surface area contributed by atoms with E-state index in [0.29, 0.717) is 30.0 Å². The predicted octanol–water partition coefficient (Wildman–Crippen LogP) is 3.57. The van der Waals surface area contributed by atoms with Gasteiger partial charge in [0.25, 0.3) is 11.8 Å². The second kappa shape index (κ2) is 8.17. The van der Waals surface area contributed by atoms with Gasteiger partial charge in [-0.05, 0) is 40.6 Å². The average Bonchev–Trinajstić information content (AvgIpc) is 3.39. The third-order valence-corrected chi connectivity index (χ3v) is 6.73. The van der Waals surface area contributed by atoms with Crippen LogP contribution in [-0.2, 0) is 13.1 Å². The van der Waals surface area contributed by atoms with Gasteiger partial charge in [-0.2, -0.15) is 11.3 Å². The van der Waals surface area contributed by atoms with Crippen molar-refractivity contribution >= 4 is 28.8 Å². The van der Waals surface area contributed by atoms with E-state index in [9.17, 15) is 14.7 Å². The molecule has 31 heavy (non-hydrogen) atoms. The Bertz CT molecular complexity index is 1120. The van der Waals surface area contributed by atoms with E-state index >= 15 is 0 Å². The first-order valence-electron chi connectivity index (χ1n) is 10.4. The zero-order chi connectivity index (χ0) is 21.4. The summed E-state index contributed by atoms with van der Waals surface area (Å²) in [5, 5.41) is 14.0. The van der Waals surface area contributed by atoms with E-state index in [0.717, 1.165) is 43.0 Å². The molecule has 3 aromatic rings. The van der Waals surface area contributed by atoms with E-state index in [-0.39, 0.29) is 11.8 Å². The number of anilines is 1. The van der Waals surface area contributed by atoms with Crippen molar-refractivity contribution in [3.8, 4) is 5.75 Å². The molecule has 2 aliphatic rings. The van der Waals surface area contributed by atoms with Crippen molar-refractivity contribution in [2.75, 3.05) is 31.1 Å². The Morgan fingerprint density at radius 3 is 2.42 bits per heavy atom. The number of carbonyl (C=O) groups is 2. The highest BCUT2D eigenvalue weighted by Crippen LogP contribution is 2.33. The number of phenolic OH excluding ortho intramolecular Hbond substituents is 1. The van der Waals surface area contributed by atoms with Crippen molar-refractivity contribution in [2.45, 2.75) is 13.1 Å². The number of aromatic hydroxyl groups is 1. The number of piperazine rings is 1. The normalized spacial score (nSPS) is 16.8. The van der Waals surface area contributed by atoms with Crippen LogP contribution in [0.3, 0.4) is 0 Å². The van der Waals surface area contributed by atoms with Gasteiger partial charge in [-0.25, -0.2) is 0 Å². The summed E-state index contributed by atoms with van der Waals surface area (Å²) >= 11 is 1.56. The highest BCUT2D eigenvalue weighted by Gasteiger charge is 2.38. The van der Waals surface area contributed by atoms with Crippen LogP contribution in [-0.4, -0.2) is 52.9 Å². The second-order valence-electron chi connectivity index (χ2n) is 7.92. The standard InChI is InChI=1S/C24H23N3O3S/c28-21-7-2-1-4-18(21)15-25-9-11-26(12-10-25)20-6-3-5-19-22(20)24(30)27(23(19)29)14-17-8-13-31-16-17/h1-8,13,16,28H,9-12,14-15H2. The number of hydrogen-bond donors (Lipinski definition) is 1. The van der Waals surface area contributed by atoms with E-state index in [4.69, 9.17) is 0 Å². The fourth-order valence-corrected chi connectivity index (χ4v) is 4.98. The Morgan fingerprint density at radius 2 is 1.68 bits per heavy atom. The Hall–Kier alpha value is -3.16. The molecule has 2 amide bonds. The molecule has 0 atom stereocenters. The van der Waals surface area contributed by atoms with Crippen molar-refractivity contribution in [2.24, 2.45) is 0 Å². The second-order valence-corrected chi connectivity index (χ2v) is 8.70. The third kappa shape index (κ3) is 3.71. The maximum absolute atomic E-state index is 13.2. The minimum atomic E-state index is -0.216. The minimum absolute atomic E-state index is 0.210. The molecule has 5 rings (SSSR count). The Kier molecular flexibility index (Phi) is 5.21. The number of nitrogens with zero attached hydrogens (tertiary/aromatic N) is 3. The van der Waals surface area contributed by atoms with Crippen LogP contribution < -0.4 is 4.90 Å². The number of imide groups is 1. The zero-order valence-corrected chi connectivity index (χ0v) is 17.8. The lowest BCUT2D eigenvalue weighted by Gasteiger charge is -2.36. The molecule has 2 aliphatic heterocycles. The highest BCUT2D eigenvalue weighted by molar-refractivity contribution is 7.07. The van der Waals surface area contributed by atoms with Crippen molar-refractivity contribution in [1.29, 1.82) is 0 Å². The van der Waals surface area contributed by atoms with Crippen molar-refractivity contribution in [3.05, 3.63) is 81.5 Å². The predicted molar refractivity (Wildman–Crippen MR) is 121 cm³/mol. The average molecular weight is 434 g/mol. The number of thiophene rings is 1. The Labute approximate surface area is 184 Å². The van der Waals surface area contributed by atoms with Gasteiger partial charge in [0.05, 0.1) is 23.4 Å². The molecule has 1 saturated heterocycles. The number of phenols is 1. The topological polar surface area (TPSA) is 64.1 Å². The molecule has 1 aromatic heterocycles. The number of rotatable bonds is 5. The molecule has 3 heterocycles. The quantitative estimate of drug-likeness (QED) is 0.624. The van der Waals surface area contributed by atoms with Crippen LogP contribution in [0.4, 0.5) is 5.69 Å².